The van der Waals surface area contributed by atoms with Crippen LogP contribution in [0.1, 0.15) is 35.2 Å². The highest BCUT2D eigenvalue weighted by Gasteiger charge is 2.03. The van der Waals surface area contributed by atoms with Crippen molar-refractivity contribution in [3.8, 4) is 0 Å². The van der Waals surface area contributed by atoms with Gasteiger partial charge in [-0.25, -0.2) is 0 Å². The largest absolute Gasteiger partial charge is 0.396 e. The van der Waals surface area contributed by atoms with E-state index in [9.17, 15) is 4.79 Å². The zero-order chi connectivity index (χ0) is 12.5. The van der Waals surface area contributed by atoms with Crippen LogP contribution < -0.4 is 5.32 Å². The van der Waals surface area contributed by atoms with Gasteiger partial charge in [0.25, 0.3) is 5.91 Å². The number of amides is 1. The van der Waals surface area contributed by atoms with Crippen LogP contribution in [0.2, 0.25) is 0 Å². The van der Waals surface area contributed by atoms with Gasteiger partial charge in [-0.15, -0.1) is 11.6 Å². The summed E-state index contributed by atoms with van der Waals surface area (Å²) < 4.78 is 0. The number of alkyl halides is 1. The zero-order valence-corrected chi connectivity index (χ0v) is 10.5. The molecule has 0 bridgehead atoms. The molecule has 2 N–H and O–H groups in total. The van der Waals surface area contributed by atoms with Crippen molar-refractivity contribution in [1.82, 2.24) is 5.32 Å². The van der Waals surface area contributed by atoms with E-state index in [1.165, 1.54) is 0 Å². The first kappa shape index (κ1) is 14.0. The molecule has 0 atom stereocenters. The average molecular weight is 256 g/mol. The van der Waals surface area contributed by atoms with E-state index >= 15 is 0 Å². The van der Waals surface area contributed by atoms with Gasteiger partial charge in [-0.05, 0) is 37.0 Å². The molecule has 0 radical (unpaired) electrons. The molecule has 17 heavy (non-hydrogen) atoms. The third-order valence-corrected chi connectivity index (χ3v) is 2.80. The number of rotatable bonds is 7. The fraction of sp³-hybridized carbons (Fsp3) is 0.462. The second-order valence-corrected chi connectivity index (χ2v) is 4.14. The molecule has 0 saturated heterocycles. The van der Waals surface area contributed by atoms with Crippen molar-refractivity contribution >= 4 is 17.5 Å². The Hall–Kier alpha value is -1.06. The van der Waals surface area contributed by atoms with E-state index < -0.39 is 0 Å². The van der Waals surface area contributed by atoms with Gasteiger partial charge in [0.15, 0.2) is 0 Å². The van der Waals surface area contributed by atoms with Crippen molar-refractivity contribution in [2.75, 3.05) is 13.2 Å². The van der Waals surface area contributed by atoms with Gasteiger partial charge in [0.1, 0.15) is 0 Å². The minimum Gasteiger partial charge on any atom is -0.396 e. The first-order valence-corrected chi connectivity index (χ1v) is 6.35. The van der Waals surface area contributed by atoms with Gasteiger partial charge in [-0.3, -0.25) is 4.79 Å². The molecule has 0 aliphatic heterocycles. The molecule has 0 unspecified atom stereocenters. The number of nitrogens with one attached hydrogen (secondary N) is 1. The van der Waals surface area contributed by atoms with Crippen LogP contribution in [0.5, 0.6) is 0 Å². The zero-order valence-electron chi connectivity index (χ0n) is 9.79. The van der Waals surface area contributed by atoms with Crippen LogP contribution in [0.3, 0.4) is 0 Å². The van der Waals surface area contributed by atoms with E-state index in [4.69, 9.17) is 16.7 Å². The molecule has 3 nitrogen and oxygen atoms in total. The third kappa shape index (κ3) is 5.20. The summed E-state index contributed by atoms with van der Waals surface area (Å²) in [7, 11) is 0. The van der Waals surface area contributed by atoms with Crippen molar-refractivity contribution in [2.24, 2.45) is 0 Å². The lowest BCUT2D eigenvalue weighted by Gasteiger charge is -2.05. The molecule has 0 aliphatic rings. The summed E-state index contributed by atoms with van der Waals surface area (Å²) in [6, 6.07) is 7.27. The number of carbonyl (C=O) groups is 1. The van der Waals surface area contributed by atoms with E-state index in [0.29, 0.717) is 18.0 Å². The van der Waals surface area contributed by atoms with Crippen molar-refractivity contribution in [3.05, 3.63) is 35.4 Å². The van der Waals surface area contributed by atoms with Crippen molar-refractivity contribution in [1.29, 1.82) is 0 Å². The normalized spacial score (nSPS) is 10.2. The summed E-state index contributed by atoms with van der Waals surface area (Å²) in [5.41, 5.74) is 1.66. The average Bonchev–Trinajstić information content (AvgIpc) is 2.38. The fourth-order valence-corrected chi connectivity index (χ4v) is 1.64. The summed E-state index contributed by atoms with van der Waals surface area (Å²) in [5.74, 6) is 0.401. The van der Waals surface area contributed by atoms with E-state index in [0.717, 1.165) is 24.8 Å². The van der Waals surface area contributed by atoms with Gasteiger partial charge >= 0.3 is 0 Å². The third-order valence-electron chi connectivity index (χ3n) is 2.49. The summed E-state index contributed by atoms with van der Waals surface area (Å²) in [5, 5.41) is 11.4. The van der Waals surface area contributed by atoms with Crippen LogP contribution in [0.25, 0.3) is 0 Å². The summed E-state index contributed by atoms with van der Waals surface area (Å²) in [6.07, 6.45) is 2.62. The lowest BCUT2D eigenvalue weighted by molar-refractivity contribution is 0.0953. The Balaban J connectivity index is 2.31. The quantitative estimate of drug-likeness (QED) is 0.580. The maximum Gasteiger partial charge on any atom is 0.251 e. The highest BCUT2D eigenvalue weighted by molar-refractivity contribution is 6.17. The van der Waals surface area contributed by atoms with Crippen LogP contribution in [0, 0.1) is 0 Å². The number of unbranched alkanes of at least 4 members (excludes halogenated alkanes) is 2. The predicted molar refractivity (Wildman–Crippen MR) is 69.3 cm³/mol. The Morgan fingerprint density at radius 2 is 1.88 bits per heavy atom. The van der Waals surface area contributed by atoms with Gasteiger partial charge in [-0.2, -0.15) is 0 Å². The van der Waals surface area contributed by atoms with Crippen molar-refractivity contribution in [2.45, 2.75) is 25.1 Å². The maximum absolute atomic E-state index is 11.7. The van der Waals surface area contributed by atoms with E-state index in [1.54, 1.807) is 12.1 Å². The van der Waals surface area contributed by atoms with Crippen LogP contribution in [0.15, 0.2) is 24.3 Å². The Morgan fingerprint density at radius 3 is 2.47 bits per heavy atom. The Kier molecular flexibility index (Phi) is 6.67. The molecule has 94 valence electrons. The number of benzene rings is 1. The van der Waals surface area contributed by atoms with Crippen LogP contribution in [0.4, 0.5) is 0 Å². The standard InChI is InChI=1S/C13H18ClNO2/c14-10-11-4-6-12(7-5-11)13(17)15-8-2-1-3-9-16/h4-7,16H,1-3,8-10H2,(H,15,17). The van der Waals surface area contributed by atoms with Gasteiger partial charge in [0.2, 0.25) is 0 Å². The lowest BCUT2D eigenvalue weighted by atomic mass is 10.1. The molecular formula is C13H18ClNO2. The van der Waals surface area contributed by atoms with Gasteiger partial charge in [-0.1, -0.05) is 12.1 Å². The van der Waals surface area contributed by atoms with Gasteiger partial charge < -0.3 is 10.4 Å². The molecular weight excluding hydrogens is 238 g/mol. The molecule has 0 saturated carbocycles. The molecule has 1 aromatic rings. The molecule has 0 heterocycles. The molecule has 1 aromatic carbocycles. The second kappa shape index (κ2) is 8.09. The molecule has 1 amide bonds. The number of carbonyl (C=O) groups excluding carboxylic acids is 1. The highest BCUT2D eigenvalue weighted by atomic mass is 35.5. The van der Waals surface area contributed by atoms with Crippen LogP contribution in [-0.2, 0) is 5.88 Å². The smallest absolute Gasteiger partial charge is 0.251 e. The van der Waals surface area contributed by atoms with E-state index in [-0.39, 0.29) is 12.5 Å². The molecule has 0 aliphatic carbocycles. The minimum atomic E-state index is -0.0601. The Labute approximate surface area is 107 Å². The summed E-state index contributed by atoms with van der Waals surface area (Å²) >= 11 is 5.67. The SMILES string of the molecule is O=C(NCCCCCO)c1ccc(CCl)cc1. The molecule has 0 spiro atoms. The number of aliphatic hydroxyl groups is 1. The van der Waals surface area contributed by atoms with Crippen molar-refractivity contribution < 1.29 is 9.90 Å². The highest BCUT2D eigenvalue weighted by Crippen LogP contribution is 2.06. The molecule has 0 fully saturated rings. The minimum absolute atomic E-state index is 0.0601. The van der Waals surface area contributed by atoms with E-state index in [2.05, 4.69) is 5.32 Å². The number of halogens is 1. The molecule has 4 heteroatoms. The van der Waals surface area contributed by atoms with Crippen LogP contribution >= 0.6 is 11.6 Å². The number of hydrogen-bond donors (Lipinski definition) is 2. The van der Waals surface area contributed by atoms with Crippen molar-refractivity contribution in [3.63, 3.8) is 0 Å². The molecule has 1 rings (SSSR count). The number of aliphatic hydroxyl groups excluding tert-OH is 1. The Morgan fingerprint density at radius 1 is 1.18 bits per heavy atom. The first-order valence-electron chi connectivity index (χ1n) is 5.82. The fourth-order valence-electron chi connectivity index (χ4n) is 1.46. The van der Waals surface area contributed by atoms with E-state index in [1.807, 2.05) is 12.1 Å². The predicted octanol–water partition coefficient (Wildman–Crippen LogP) is 2.32. The molecule has 0 aromatic heterocycles. The van der Waals surface area contributed by atoms with Gasteiger partial charge in [0.05, 0.1) is 0 Å². The summed E-state index contributed by atoms with van der Waals surface area (Å²) in [6.45, 7) is 0.865. The topological polar surface area (TPSA) is 49.3 Å². The van der Waals surface area contributed by atoms with Gasteiger partial charge in [0, 0.05) is 24.6 Å². The monoisotopic (exact) mass is 255 g/mol. The maximum atomic E-state index is 11.7. The lowest BCUT2D eigenvalue weighted by Crippen LogP contribution is -2.24. The summed E-state index contributed by atoms with van der Waals surface area (Å²) in [4.78, 5) is 11.7. The number of hydrogen-bond acceptors (Lipinski definition) is 2. The first-order chi connectivity index (χ1) is 8.27. The Bertz CT molecular complexity index is 338. The second-order valence-electron chi connectivity index (χ2n) is 3.87. The van der Waals surface area contributed by atoms with Crippen LogP contribution in [-0.4, -0.2) is 24.2 Å².